The van der Waals surface area contributed by atoms with Crippen molar-refractivity contribution in [2.45, 2.75) is 49.5 Å². The summed E-state index contributed by atoms with van der Waals surface area (Å²) in [5, 5.41) is 3.72. The number of nitrogens with two attached hydrogens (primary N) is 1. The first-order chi connectivity index (χ1) is 11.0. The van der Waals surface area contributed by atoms with Crippen LogP contribution in [-0.2, 0) is 9.84 Å². The summed E-state index contributed by atoms with van der Waals surface area (Å²) >= 11 is 5.77. The van der Waals surface area contributed by atoms with Crippen LogP contribution >= 0.6 is 11.6 Å². The maximum absolute atomic E-state index is 12.2. The SMILES string of the molecule is NC(=NCCS(=O)(=O)c1ccc(Cl)cc1)NC1CCCCCC1. The minimum Gasteiger partial charge on any atom is -0.370 e. The number of hydrogen-bond acceptors (Lipinski definition) is 3. The Balaban J connectivity index is 1.85. The molecule has 5 nitrogen and oxygen atoms in total. The Morgan fingerprint density at radius 1 is 1.17 bits per heavy atom. The highest BCUT2D eigenvalue weighted by Gasteiger charge is 2.15. The van der Waals surface area contributed by atoms with Crippen LogP contribution in [0.25, 0.3) is 0 Å². The van der Waals surface area contributed by atoms with Crippen molar-refractivity contribution in [2.24, 2.45) is 10.7 Å². The van der Waals surface area contributed by atoms with E-state index in [2.05, 4.69) is 10.3 Å². The van der Waals surface area contributed by atoms with Crippen molar-refractivity contribution in [2.75, 3.05) is 12.3 Å². The summed E-state index contributed by atoms with van der Waals surface area (Å²) < 4.78 is 24.4. The van der Waals surface area contributed by atoms with Crippen molar-refractivity contribution in [1.29, 1.82) is 0 Å². The van der Waals surface area contributed by atoms with Crippen LogP contribution in [0.15, 0.2) is 34.2 Å². The van der Waals surface area contributed by atoms with Crippen molar-refractivity contribution in [1.82, 2.24) is 5.32 Å². The van der Waals surface area contributed by atoms with Crippen LogP contribution in [0.4, 0.5) is 0 Å². The molecular weight excluding hydrogens is 334 g/mol. The number of halogens is 1. The van der Waals surface area contributed by atoms with Crippen LogP contribution in [0.5, 0.6) is 0 Å². The smallest absolute Gasteiger partial charge is 0.188 e. The molecular formula is C16H24ClN3O2S. The fourth-order valence-electron chi connectivity index (χ4n) is 2.72. The molecule has 0 atom stereocenters. The van der Waals surface area contributed by atoms with Gasteiger partial charge in [-0.05, 0) is 37.1 Å². The molecule has 0 radical (unpaired) electrons. The van der Waals surface area contributed by atoms with Crippen molar-refractivity contribution < 1.29 is 8.42 Å². The zero-order chi connectivity index (χ0) is 16.7. The molecule has 1 aliphatic carbocycles. The summed E-state index contributed by atoms with van der Waals surface area (Å²) in [5.41, 5.74) is 5.87. The molecule has 0 amide bonds. The van der Waals surface area contributed by atoms with Crippen LogP contribution in [0.1, 0.15) is 38.5 Å². The third kappa shape index (κ3) is 6.03. The number of nitrogens with zero attached hydrogens (tertiary/aromatic N) is 1. The number of benzene rings is 1. The Morgan fingerprint density at radius 3 is 2.39 bits per heavy atom. The van der Waals surface area contributed by atoms with Gasteiger partial charge in [-0.3, -0.25) is 4.99 Å². The molecule has 0 unspecified atom stereocenters. The summed E-state index contributed by atoms with van der Waals surface area (Å²) in [7, 11) is -3.36. The van der Waals surface area contributed by atoms with Crippen LogP contribution in [0.3, 0.4) is 0 Å². The van der Waals surface area contributed by atoms with Gasteiger partial charge in [0.25, 0.3) is 0 Å². The fourth-order valence-corrected chi connectivity index (χ4v) is 3.97. The molecule has 0 bridgehead atoms. The highest BCUT2D eigenvalue weighted by Crippen LogP contribution is 2.17. The molecule has 7 heteroatoms. The van der Waals surface area contributed by atoms with E-state index >= 15 is 0 Å². The standard InChI is InChI=1S/C16H24ClN3O2S/c17-13-7-9-15(10-8-13)23(21,22)12-11-19-16(18)20-14-5-3-1-2-4-6-14/h7-10,14H,1-6,11-12H2,(H3,18,19,20). The van der Waals surface area contributed by atoms with Crippen molar-refractivity contribution in [3.8, 4) is 0 Å². The average Bonchev–Trinajstić information content (AvgIpc) is 2.76. The van der Waals surface area contributed by atoms with Gasteiger partial charge in [-0.25, -0.2) is 8.42 Å². The monoisotopic (exact) mass is 357 g/mol. The summed E-state index contributed by atoms with van der Waals surface area (Å²) in [6.45, 7) is 0.149. The lowest BCUT2D eigenvalue weighted by Crippen LogP contribution is -2.40. The van der Waals surface area contributed by atoms with Gasteiger partial charge < -0.3 is 11.1 Å². The molecule has 1 aromatic rings. The first-order valence-corrected chi connectivity index (χ1v) is 10.1. The van der Waals surface area contributed by atoms with E-state index in [1.807, 2.05) is 0 Å². The summed E-state index contributed by atoms with van der Waals surface area (Å²) in [4.78, 5) is 4.41. The van der Waals surface area contributed by atoms with Crippen LogP contribution in [0.2, 0.25) is 5.02 Å². The average molecular weight is 358 g/mol. The van der Waals surface area contributed by atoms with E-state index in [0.29, 0.717) is 17.0 Å². The molecule has 1 aliphatic rings. The van der Waals surface area contributed by atoms with Gasteiger partial charge in [-0.2, -0.15) is 0 Å². The second-order valence-corrected chi connectivity index (χ2v) is 8.42. The molecule has 1 saturated carbocycles. The van der Waals surface area contributed by atoms with Gasteiger partial charge in [-0.15, -0.1) is 0 Å². The Hall–Kier alpha value is -1.27. The number of rotatable bonds is 5. The topological polar surface area (TPSA) is 84.5 Å². The van der Waals surface area contributed by atoms with E-state index in [4.69, 9.17) is 17.3 Å². The Kier molecular flexibility index (Phi) is 6.72. The van der Waals surface area contributed by atoms with E-state index in [-0.39, 0.29) is 17.2 Å². The molecule has 0 saturated heterocycles. The quantitative estimate of drug-likeness (QED) is 0.482. The van der Waals surface area contributed by atoms with Gasteiger partial charge in [0.2, 0.25) is 0 Å². The third-order valence-corrected chi connectivity index (χ3v) is 5.98. The largest absolute Gasteiger partial charge is 0.370 e. The lowest BCUT2D eigenvalue weighted by molar-refractivity contribution is 0.530. The van der Waals surface area contributed by atoms with E-state index in [1.54, 1.807) is 12.1 Å². The number of hydrogen-bond donors (Lipinski definition) is 2. The predicted octanol–water partition coefficient (Wildman–Crippen LogP) is 2.74. The third-order valence-electron chi connectivity index (χ3n) is 4.02. The van der Waals surface area contributed by atoms with E-state index in [0.717, 1.165) is 12.8 Å². The maximum atomic E-state index is 12.2. The lowest BCUT2D eigenvalue weighted by atomic mass is 10.1. The summed E-state index contributed by atoms with van der Waals surface area (Å²) in [6, 6.07) is 6.51. The molecule has 1 aromatic carbocycles. The Labute approximate surface area is 143 Å². The normalized spacial score (nSPS) is 17.7. The number of nitrogens with one attached hydrogen (secondary N) is 1. The molecule has 0 aromatic heterocycles. The van der Waals surface area contributed by atoms with E-state index in [9.17, 15) is 8.42 Å². The van der Waals surface area contributed by atoms with E-state index < -0.39 is 9.84 Å². The first kappa shape index (κ1) is 18.1. The Bertz CT molecular complexity index is 621. The Morgan fingerprint density at radius 2 is 1.78 bits per heavy atom. The minimum absolute atomic E-state index is 0.0678. The van der Waals surface area contributed by atoms with Gasteiger partial charge in [0.15, 0.2) is 15.8 Å². The first-order valence-electron chi connectivity index (χ1n) is 8.02. The molecule has 0 heterocycles. The zero-order valence-corrected chi connectivity index (χ0v) is 14.7. The molecule has 2 rings (SSSR count). The van der Waals surface area contributed by atoms with Crippen LogP contribution in [-0.4, -0.2) is 32.7 Å². The summed E-state index contributed by atoms with van der Waals surface area (Å²) in [5.74, 6) is 0.269. The predicted molar refractivity (Wildman–Crippen MR) is 94.6 cm³/mol. The molecule has 1 fully saturated rings. The lowest BCUT2D eigenvalue weighted by Gasteiger charge is -2.16. The molecule has 23 heavy (non-hydrogen) atoms. The second-order valence-electron chi connectivity index (χ2n) is 5.87. The number of guanidine groups is 1. The van der Waals surface area contributed by atoms with Crippen molar-refractivity contribution >= 4 is 27.4 Å². The molecule has 128 valence electrons. The van der Waals surface area contributed by atoms with Gasteiger partial charge in [0.1, 0.15) is 0 Å². The van der Waals surface area contributed by atoms with Crippen molar-refractivity contribution in [3.05, 3.63) is 29.3 Å². The zero-order valence-electron chi connectivity index (χ0n) is 13.2. The minimum atomic E-state index is -3.36. The van der Waals surface area contributed by atoms with Crippen LogP contribution < -0.4 is 11.1 Å². The maximum Gasteiger partial charge on any atom is 0.188 e. The van der Waals surface area contributed by atoms with E-state index in [1.165, 1.54) is 37.8 Å². The van der Waals surface area contributed by atoms with Gasteiger partial charge >= 0.3 is 0 Å². The summed E-state index contributed by atoms with van der Waals surface area (Å²) in [6.07, 6.45) is 7.15. The van der Waals surface area contributed by atoms with Crippen molar-refractivity contribution in [3.63, 3.8) is 0 Å². The van der Waals surface area contributed by atoms with Gasteiger partial charge in [-0.1, -0.05) is 37.3 Å². The number of sulfone groups is 1. The van der Waals surface area contributed by atoms with Crippen LogP contribution in [0, 0.1) is 0 Å². The fraction of sp³-hybridized carbons (Fsp3) is 0.562. The molecule has 0 spiro atoms. The molecule has 0 aliphatic heterocycles. The molecule has 3 N–H and O–H groups in total. The highest BCUT2D eigenvalue weighted by molar-refractivity contribution is 7.91. The van der Waals surface area contributed by atoms with Gasteiger partial charge in [0.05, 0.1) is 17.2 Å². The highest BCUT2D eigenvalue weighted by atomic mass is 35.5. The number of aliphatic imine (C=N–C) groups is 1. The van der Waals surface area contributed by atoms with Gasteiger partial charge in [0, 0.05) is 11.1 Å². The second kappa shape index (κ2) is 8.55.